The number of hydrogen-bond donors (Lipinski definition) is 2. The molecule has 1 saturated carbocycles. The zero-order chi connectivity index (χ0) is 17.6. The topological polar surface area (TPSA) is 64.1 Å². The zero-order valence-electron chi connectivity index (χ0n) is 16.3. The van der Waals surface area contributed by atoms with Crippen LogP contribution in [0.3, 0.4) is 0 Å². The second kappa shape index (κ2) is 15.9. The summed E-state index contributed by atoms with van der Waals surface area (Å²) >= 11 is 0. The SMILES string of the molecule is CN=C(NCCCOC1CCOCC1)NCCOC1CCCCCC1.I. The summed E-state index contributed by atoms with van der Waals surface area (Å²) in [6.45, 7) is 4.88. The standard InChI is InChI=1S/C19H37N3O3.HI/c1-20-19(21-11-6-13-24-18-9-14-23-15-10-18)22-12-16-25-17-7-4-2-3-5-8-17;/h17-18H,2-16H2,1H3,(H2,20,21,22);1H. The van der Waals surface area contributed by atoms with Crippen LogP contribution in [0.15, 0.2) is 4.99 Å². The first kappa shape index (κ1) is 23.9. The molecule has 0 aromatic rings. The number of rotatable bonds is 9. The van der Waals surface area contributed by atoms with Gasteiger partial charge in [-0.15, -0.1) is 24.0 Å². The third-order valence-electron chi connectivity index (χ3n) is 4.91. The molecule has 1 saturated heterocycles. The van der Waals surface area contributed by atoms with Crippen LogP contribution < -0.4 is 10.6 Å². The molecule has 1 heterocycles. The molecule has 154 valence electrons. The van der Waals surface area contributed by atoms with Gasteiger partial charge in [-0.05, 0) is 32.1 Å². The van der Waals surface area contributed by atoms with Crippen LogP contribution in [0.25, 0.3) is 0 Å². The summed E-state index contributed by atoms with van der Waals surface area (Å²) in [5.74, 6) is 0.843. The summed E-state index contributed by atoms with van der Waals surface area (Å²) in [5.41, 5.74) is 0. The van der Waals surface area contributed by atoms with Crippen molar-refractivity contribution in [3.8, 4) is 0 Å². The summed E-state index contributed by atoms with van der Waals surface area (Å²) in [7, 11) is 1.81. The Hall–Kier alpha value is -0.120. The van der Waals surface area contributed by atoms with Crippen LogP contribution in [-0.4, -0.2) is 64.7 Å². The van der Waals surface area contributed by atoms with Gasteiger partial charge in [0, 0.05) is 40.0 Å². The molecule has 6 nitrogen and oxygen atoms in total. The molecule has 1 aliphatic carbocycles. The van der Waals surface area contributed by atoms with Gasteiger partial charge < -0.3 is 24.8 Å². The normalized spacial score (nSPS) is 20.3. The molecule has 1 aliphatic heterocycles. The van der Waals surface area contributed by atoms with E-state index in [4.69, 9.17) is 14.2 Å². The van der Waals surface area contributed by atoms with Gasteiger partial charge in [-0.2, -0.15) is 0 Å². The predicted octanol–water partition coefficient (Wildman–Crippen LogP) is 3.09. The fraction of sp³-hybridized carbons (Fsp3) is 0.947. The second-order valence-corrected chi connectivity index (χ2v) is 6.95. The average molecular weight is 483 g/mol. The maximum atomic E-state index is 5.99. The molecular weight excluding hydrogens is 445 g/mol. The van der Waals surface area contributed by atoms with E-state index in [1.165, 1.54) is 38.5 Å². The summed E-state index contributed by atoms with van der Waals surface area (Å²) in [5, 5.41) is 6.66. The van der Waals surface area contributed by atoms with E-state index >= 15 is 0 Å². The van der Waals surface area contributed by atoms with E-state index < -0.39 is 0 Å². The molecule has 0 atom stereocenters. The first-order valence-electron chi connectivity index (χ1n) is 10.1. The van der Waals surface area contributed by atoms with Gasteiger partial charge in [-0.1, -0.05) is 25.7 Å². The highest BCUT2D eigenvalue weighted by molar-refractivity contribution is 14.0. The largest absolute Gasteiger partial charge is 0.381 e. The maximum Gasteiger partial charge on any atom is 0.191 e. The molecule has 2 rings (SSSR count). The highest BCUT2D eigenvalue weighted by Crippen LogP contribution is 2.19. The minimum atomic E-state index is 0. The summed E-state index contributed by atoms with van der Waals surface area (Å²) in [6, 6.07) is 0. The number of hydrogen-bond acceptors (Lipinski definition) is 4. The van der Waals surface area contributed by atoms with Crippen molar-refractivity contribution in [3.63, 3.8) is 0 Å². The lowest BCUT2D eigenvalue weighted by Gasteiger charge is -2.22. The lowest BCUT2D eigenvalue weighted by atomic mass is 10.1. The monoisotopic (exact) mass is 483 g/mol. The number of aliphatic imine (C=N–C) groups is 1. The fourth-order valence-electron chi connectivity index (χ4n) is 3.40. The smallest absolute Gasteiger partial charge is 0.191 e. The van der Waals surface area contributed by atoms with Crippen LogP contribution in [-0.2, 0) is 14.2 Å². The number of ether oxygens (including phenoxy) is 3. The molecule has 0 aromatic carbocycles. The zero-order valence-corrected chi connectivity index (χ0v) is 18.7. The van der Waals surface area contributed by atoms with Gasteiger partial charge in [0.25, 0.3) is 0 Å². The molecule has 2 N–H and O–H groups in total. The molecule has 7 heteroatoms. The molecule has 0 aromatic heterocycles. The fourth-order valence-corrected chi connectivity index (χ4v) is 3.40. The Morgan fingerprint density at radius 3 is 2.19 bits per heavy atom. The number of guanidine groups is 1. The lowest BCUT2D eigenvalue weighted by Crippen LogP contribution is -2.40. The highest BCUT2D eigenvalue weighted by Gasteiger charge is 2.14. The predicted molar refractivity (Wildman–Crippen MR) is 117 cm³/mol. The van der Waals surface area contributed by atoms with E-state index in [0.717, 1.165) is 64.7 Å². The Kier molecular flexibility index (Phi) is 14.6. The molecule has 0 spiro atoms. The molecule has 0 radical (unpaired) electrons. The second-order valence-electron chi connectivity index (χ2n) is 6.95. The quantitative estimate of drug-likeness (QED) is 0.174. The first-order chi connectivity index (χ1) is 12.4. The van der Waals surface area contributed by atoms with Crippen molar-refractivity contribution in [2.45, 2.75) is 70.0 Å². The van der Waals surface area contributed by atoms with Crippen LogP contribution in [0.1, 0.15) is 57.8 Å². The van der Waals surface area contributed by atoms with E-state index in [9.17, 15) is 0 Å². The molecule has 0 amide bonds. The Balaban J connectivity index is 0.00000338. The number of halogens is 1. The maximum absolute atomic E-state index is 5.99. The Morgan fingerprint density at radius 1 is 0.885 bits per heavy atom. The minimum absolute atomic E-state index is 0. The van der Waals surface area contributed by atoms with Crippen LogP contribution in [0.5, 0.6) is 0 Å². The van der Waals surface area contributed by atoms with Crippen molar-refractivity contribution in [1.82, 2.24) is 10.6 Å². The van der Waals surface area contributed by atoms with Crippen LogP contribution in [0.4, 0.5) is 0 Å². The Morgan fingerprint density at radius 2 is 1.50 bits per heavy atom. The van der Waals surface area contributed by atoms with Crippen LogP contribution >= 0.6 is 24.0 Å². The molecule has 2 aliphatic rings. The molecule has 0 bridgehead atoms. The van der Waals surface area contributed by atoms with Crippen molar-refractivity contribution in [2.75, 3.05) is 46.6 Å². The van der Waals surface area contributed by atoms with E-state index in [-0.39, 0.29) is 24.0 Å². The molecular formula is C19H38IN3O3. The molecule has 26 heavy (non-hydrogen) atoms. The van der Waals surface area contributed by atoms with Crippen LogP contribution in [0.2, 0.25) is 0 Å². The van der Waals surface area contributed by atoms with Crippen molar-refractivity contribution < 1.29 is 14.2 Å². The van der Waals surface area contributed by atoms with Gasteiger partial charge in [0.2, 0.25) is 0 Å². The van der Waals surface area contributed by atoms with Gasteiger partial charge in [0.15, 0.2) is 5.96 Å². The van der Waals surface area contributed by atoms with Crippen molar-refractivity contribution in [2.24, 2.45) is 4.99 Å². The Bertz CT molecular complexity index is 358. The van der Waals surface area contributed by atoms with Gasteiger partial charge in [-0.3, -0.25) is 4.99 Å². The number of nitrogens with one attached hydrogen (secondary N) is 2. The van der Waals surface area contributed by atoms with Crippen molar-refractivity contribution >= 4 is 29.9 Å². The van der Waals surface area contributed by atoms with Crippen LogP contribution in [0, 0.1) is 0 Å². The highest BCUT2D eigenvalue weighted by atomic mass is 127. The van der Waals surface area contributed by atoms with E-state index in [1.54, 1.807) is 7.05 Å². The van der Waals surface area contributed by atoms with E-state index in [0.29, 0.717) is 12.2 Å². The molecule has 2 fully saturated rings. The van der Waals surface area contributed by atoms with Gasteiger partial charge in [-0.25, -0.2) is 0 Å². The number of nitrogens with zero attached hydrogens (tertiary/aromatic N) is 1. The lowest BCUT2D eigenvalue weighted by molar-refractivity contribution is -0.0320. The Labute approximate surface area is 176 Å². The van der Waals surface area contributed by atoms with Crippen molar-refractivity contribution in [1.29, 1.82) is 0 Å². The average Bonchev–Trinajstić information content (AvgIpc) is 2.93. The van der Waals surface area contributed by atoms with Gasteiger partial charge in [0.1, 0.15) is 0 Å². The third kappa shape index (κ3) is 10.9. The summed E-state index contributed by atoms with van der Waals surface area (Å²) < 4.78 is 17.2. The third-order valence-corrected chi connectivity index (χ3v) is 4.91. The first-order valence-corrected chi connectivity index (χ1v) is 10.1. The van der Waals surface area contributed by atoms with E-state index in [1.807, 2.05) is 0 Å². The van der Waals surface area contributed by atoms with Gasteiger partial charge >= 0.3 is 0 Å². The molecule has 0 unspecified atom stereocenters. The summed E-state index contributed by atoms with van der Waals surface area (Å²) in [6.07, 6.45) is 11.7. The van der Waals surface area contributed by atoms with Crippen molar-refractivity contribution in [3.05, 3.63) is 0 Å². The minimum Gasteiger partial charge on any atom is -0.381 e. The van der Waals surface area contributed by atoms with E-state index in [2.05, 4.69) is 15.6 Å². The van der Waals surface area contributed by atoms with Gasteiger partial charge in [0.05, 0.1) is 18.8 Å². The summed E-state index contributed by atoms with van der Waals surface area (Å²) in [4.78, 5) is 4.26.